The number of nitrogens with zero attached hydrogens (tertiary/aromatic N) is 1. The molecule has 1 aliphatic rings. The zero-order chi connectivity index (χ0) is 28.6. The summed E-state index contributed by atoms with van der Waals surface area (Å²) >= 11 is 0. The van der Waals surface area contributed by atoms with Crippen LogP contribution in [-0.4, -0.2) is 75.9 Å². The summed E-state index contributed by atoms with van der Waals surface area (Å²) in [5.74, 6) is 0.0146. The molecule has 0 bridgehead atoms. The fraction of sp³-hybridized carbons (Fsp3) is 0.552. The average molecular weight is 562 g/mol. The number of carbonyl (C=O) groups excluding carboxylic acids is 1. The van der Waals surface area contributed by atoms with Crippen molar-refractivity contribution in [1.82, 2.24) is 10.2 Å². The Morgan fingerprint density at radius 3 is 2.51 bits per heavy atom. The maximum Gasteiger partial charge on any atom is 0.261 e. The monoisotopic (exact) mass is 561 g/mol. The lowest BCUT2D eigenvalue weighted by atomic mass is 10.0. The molecule has 2 aromatic rings. The number of nitrogens with one attached hydrogen (secondary N) is 2. The van der Waals surface area contributed by atoms with Crippen LogP contribution in [-0.2, 0) is 14.8 Å². The highest BCUT2D eigenvalue weighted by atomic mass is 32.2. The number of aryl methyl sites for hydroxylation is 1. The first-order chi connectivity index (χ1) is 18.6. The molecule has 39 heavy (non-hydrogen) atoms. The van der Waals surface area contributed by atoms with E-state index in [9.17, 15) is 18.3 Å². The number of benzene rings is 2. The summed E-state index contributed by atoms with van der Waals surface area (Å²) in [6.07, 6.45) is 2.31. The number of hydrogen-bond donors (Lipinski definition) is 3. The zero-order valence-corrected chi connectivity index (χ0v) is 24.5. The van der Waals surface area contributed by atoms with Gasteiger partial charge in [-0.3, -0.25) is 9.52 Å². The predicted molar refractivity (Wildman–Crippen MR) is 153 cm³/mol. The number of fused-ring (bicyclic) bond motifs is 1. The van der Waals surface area contributed by atoms with Gasteiger partial charge in [-0.2, -0.15) is 0 Å². The number of rotatable bonds is 7. The van der Waals surface area contributed by atoms with Crippen LogP contribution >= 0.6 is 0 Å². The minimum absolute atomic E-state index is 0.0233. The third kappa shape index (κ3) is 8.41. The van der Waals surface area contributed by atoms with Crippen LogP contribution in [0.15, 0.2) is 47.4 Å². The molecule has 216 valence electrons. The summed E-state index contributed by atoms with van der Waals surface area (Å²) in [7, 11) is -2.00. The van der Waals surface area contributed by atoms with Crippen LogP contribution in [0.5, 0.6) is 5.75 Å². The van der Waals surface area contributed by atoms with Crippen molar-refractivity contribution in [3.63, 3.8) is 0 Å². The van der Waals surface area contributed by atoms with Crippen LogP contribution in [0.25, 0.3) is 0 Å². The van der Waals surface area contributed by atoms with E-state index in [4.69, 9.17) is 9.47 Å². The van der Waals surface area contributed by atoms with Crippen molar-refractivity contribution >= 4 is 21.6 Å². The van der Waals surface area contributed by atoms with E-state index in [1.165, 1.54) is 6.07 Å². The molecule has 2 aromatic carbocycles. The number of likely N-dealkylation sites (N-methyl/N-ethyl adjacent to an activating group) is 1. The molecule has 0 saturated carbocycles. The molecule has 3 rings (SSSR count). The van der Waals surface area contributed by atoms with Crippen molar-refractivity contribution in [1.29, 1.82) is 0 Å². The number of aliphatic hydroxyl groups excluding tert-OH is 1. The lowest BCUT2D eigenvalue weighted by Crippen LogP contribution is -2.47. The first-order valence-electron chi connectivity index (χ1n) is 13.6. The summed E-state index contributed by atoms with van der Waals surface area (Å²) in [5.41, 5.74) is 1.44. The lowest BCUT2D eigenvalue weighted by Gasteiger charge is -2.34. The van der Waals surface area contributed by atoms with Crippen LogP contribution in [0.1, 0.15) is 56.0 Å². The van der Waals surface area contributed by atoms with E-state index < -0.39 is 16.1 Å². The van der Waals surface area contributed by atoms with E-state index in [0.29, 0.717) is 25.4 Å². The summed E-state index contributed by atoms with van der Waals surface area (Å²) in [6.45, 7) is 9.04. The molecular formula is C29H43N3O6S. The highest BCUT2D eigenvalue weighted by Gasteiger charge is 2.30. The Morgan fingerprint density at radius 2 is 1.85 bits per heavy atom. The first kappa shape index (κ1) is 30.9. The maximum atomic E-state index is 14.1. The molecule has 0 fully saturated rings. The molecule has 3 N–H and O–H groups in total. The third-order valence-corrected chi connectivity index (χ3v) is 8.44. The second kappa shape index (κ2) is 14.1. The Balaban J connectivity index is 2.02. The molecule has 0 saturated heterocycles. The van der Waals surface area contributed by atoms with E-state index in [1.54, 1.807) is 48.2 Å². The number of aliphatic hydroxyl groups is 1. The van der Waals surface area contributed by atoms with Crippen molar-refractivity contribution < 1.29 is 27.8 Å². The molecule has 9 nitrogen and oxygen atoms in total. The Morgan fingerprint density at radius 1 is 1.13 bits per heavy atom. The molecule has 1 amide bonds. The first-order valence-corrected chi connectivity index (χ1v) is 15.1. The van der Waals surface area contributed by atoms with Crippen molar-refractivity contribution in [3.8, 4) is 5.75 Å². The molecule has 4 atom stereocenters. The quantitative estimate of drug-likeness (QED) is 0.471. The maximum absolute atomic E-state index is 14.1. The second-order valence-corrected chi connectivity index (χ2v) is 12.2. The normalized spacial score (nSPS) is 22.4. The summed E-state index contributed by atoms with van der Waals surface area (Å²) in [5, 5.41) is 13.2. The number of carbonyl (C=O) groups is 1. The number of amides is 1. The van der Waals surface area contributed by atoms with Gasteiger partial charge in [0.15, 0.2) is 0 Å². The average Bonchev–Trinajstić information content (AvgIpc) is 2.90. The number of anilines is 1. The highest BCUT2D eigenvalue weighted by molar-refractivity contribution is 7.92. The largest absolute Gasteiger partial charge is 0.490 e. The van der Waals surface area contributed by atoms with Crippen LogP contribution in [0.2, 0.25) is 0 Å². The van der Waals surface area contributed by atoms with Gasteiger partial charge in [0.25, 0.3) is 15.9 Å². The molecule has 0 aromatic heterocycles. The van der Waals surface area contributed by atoms with Crippen LogP contribution in [0, 0.1) is 12.8 Å². The minimum atomic E-state index is -3.87. The van der Waals surface area contributed by atoms with Gasteiger partial charge in [-0.25, -0.2) is 8.42 Å². The van der Waals surface area contributed by atoms with Gasteiger partial charge in [0.1, 0.15) is 5.75 Å². The Labute approximate surface area is 232 Å². The molecule has 10 heteroatoms. The van der Waals surface area contributed by atoms with Gasteiger partial charge in [-0.15, -0.1) is 0 Å². The van der Waals surface area contributed by atoms with E-state index in [0.717, 1.165) is 24.8 Å². The number of hydrogen-bond acceptors (Lipinski definition) is 7. The Hall–Kier alpha value is -2.66. The van der Waals surface area contributed by atoms with Gasteiger partial charge < -0.3 is 24.8 Å². The highest BCUT2D eigenvalue weighted by Crippen LogP contribution is 2.29. The molecule has 1 aliphatic heterocycles. The molecular weight excluding hydrogens is 518 g/mol. The summed E-state index contributed by atoms with van der Waals surface area (Å²) < 4.78 is 41.1. The number of sulfonamides is 1. The van der Waals surface area contributed by atoms with E-state index in [2.05, 4.69) is 10.0 Å². The van der Waals surface area contributed by atoms with Crippen molar-refractivity contribution in [2.75, 3.05) is 38.1 Å². The fourth-order valence-electron chi connectivity index (χ4n) is 4.61. The van der Waals surface area contributed by atoms with Gasteiger partial charge in [0.2, 0.25) is 0 Å². The lowest BCUT2D eigenvalue weighted by molar-refractivity contribution is -0.000450. The predicted octanol–water partition coefficient (Wildman–Crippen LogP) is 3.81. The molecule has 0 unspecified atom stereocenters. The SMILES string of the molecule is CNC[C@H]1OCCCC[C@@H](C)Oc2ccc(NS(=O)(=O)c3ccc(C)cc3)cc2C(=O)N([C@H](C)CO)C[C@H]1C. The fourth-order valence-corrected chi connectivity index (χ4v) is 5.66. The molecule has 1 heterocycles. The minimum Gasteiger partial charge on any atom is -0.490 e. The standard InChI is InChI=1S/C29H43N3O6S/c1-20-9-12-25(13-10-20)39(35,36)31-24-11-14-27-26(16-24)29(34)32(22(3)19-33)18-21(2)28(17-30-5)37-15-7-6-8-23(4)38-27/h9-14,16,21-23,28,30-31,33H,6-8,15,17-19H2,1-5H3/t21-,22-,23-,28-/m1/s1. The molecule has 0 spiro atoms. The summed E-state index contributed by atoms with van der Waals surface area (Å²) in [4.78, 5) is 15.8. The molecule has 0 aliphatic carbocycles. The van der Waals surface area contributed by atoms with Crippen molar-refractivity contribution in [2.45, 2.75) is 70.1 Å². The van der Waals surface area contributed by atoms with Gasteiger partial charge in [-0.05, 0) is 77.4 Å². The van der Waals surface area contributed by atoms with Crippen molar-refractivity contribution in [3.05, 3.63) is 53.6 Å². The smallest absolute Gasteiger partial charge is 0.261 e. The third-order valence-electron chi connectivity index (χ3n) is 7.04. The second-order valence-electron chi connectivity index (χ2n) is 10.5. The van der Waals surface area contributed by atoms with E-state index in [-0.39, 0.29) is 46.8 Å². The van der Waals surface area contributed by atoms with Gasteiger partial charge >= 0.3 is 0 Å². The van der Waals surface area contributed by atoms with Gasteiger partial charge in [-0.1, -0.05) is 24.6 Å². The Kier molecular flexibility index (Phi) is 11.2. The van der Waals surface area contributed by atoms with Gasteiger partial charge in [0, 0.05) is 31.3 Å². The zero-order valence-electron chi connectivity index (χ0n) is 23.6. The van der Waals surface area contributed by atoms with E-state index >= 15 is 0 Å². The van der Waals surface area contributed by atoms with E-state index in [1.807, 2.05) is 27.8 Å². The van der Waals surface area contributed by atoms with Crippen LogP contribution < -0.4 is 14.8 Å². The van der Waals surface area contributed by atoms with Crippen molar-refractivity contribution in [2.24, 2.45) is 5.92 Å². The molecule has 0 radical (unpaired) electrons. The number of ether oxygens (including phenoxy) is 2. The Bertz CT molecular complexity index is 1190. The van der Waals surface area contributed by atoms with Gasteiger partial charge in [0.05, 0.1) is 35.3 Å². The van der Waals surface area contributed by atoms with Crippen LogP contribution in [0.4, 0.5) is 5.69 Å². The summed E-state index contributed by atoms with van der Waals surface area (Å²) in [6, 6.07) is 10.8. The van der Waals surface area contributed by atoms with Crippen LogP contribution in [0.3, 0.4) is 0 Å². The topological polar surface area (TPSA) is 117 Å².